The van der Waals surface area contributed by atoms with E-state index in [2.05, 4.69) is 28.2 Å². The maximum absolute atomic E-state index is 12.5. The number of carbonyl (C=O) groups is 1. The number of amides is 1. The molecule has 0 fully saturated rings. The Morgan fingerprint density at radius 2 is 2.06 bits per heavy atom. The minimum absolute atomic E-state index is 0.163. The summed E-state index contributed by atoms with van der Waals surface area (Å²) in [6, 6.07) is 10.7. The monoisotopic (exact) mass is 501 g/mol. The molecule has 0 aromatic heterocycles. The first kappa shape index (κ1) is 24.9. The normalized spacial score (nSPS) is 10.9. The van der Waals surface area contributed by atoms with Crippen LogP contribution in [0.2, 0.25) is 0 Å². The van der Waals surface area contributed by atoms with Crippen molar-refractivity contribution in [2.45, 2.75) is 32.6 Å². The number of nitrogens with one attached hydrogen (secondary N) is 1. The zero-order chi connectivity index (χ0) is 23.5. The zero-order valence-corrected chi connectivity index (χ0v) is 19.5. The third-order valence-corrected chi connectivity index (χ3v) is 5.08. The molecule has 0 heterocycles. The van der Waals surface area contributed by atoms with E-state index in [-0.39, 0.29) is 16.9 Å². The maximum Gasteiger partial charge on any atom is 0.271 e. The van der Waals surface area contributed by atoms with Crippen LogP contribution in [0.1, 0.15) is 38.2 Å². The molecule has 2 aromatic carbocycles. The van der Waals surface area contributed by atoms with Crippen LogP contribution in [0.3, 0.4) is 0 Å². The fourth-order valence-corrected chi connectivity index (χ4v) is 3.45. The highest BCUT2D eigenvalue weighted by Gasteiger charge is 2.15. The standard InChI is InChI=1S/C23H24BrN3O5/c1-3-4-5-6-10-32-22-20(24)12-16(13-21(22)31-2)11-17(15-25)23(28)26-18-8-7-9-19(14-18)27(29)30/h7-9,11-14H,3-6,10H2,1-2H3,(H,26,28)/b17-11-. The third-order valence-electron chi connectivity index (χ3n) is 4.49. The number of nitriles is 1. The minimum Gasteiger partial charge on any atom is -0.493 e. The van der Waals surface area contributed by atoms with E-state index in [9.17, 15) is 20.2 Å². The van der Waals surface area contributed by atoms with Gasteiger partial charge in [0, 0.05) is 17.8 Å². The van der Waals surface area contributed by atoms with Crippen molar-refractivity contribution in [3.8, 4) is 17.6 Å². The van der Waals surface area contributed by atoms with Gasteiger partial charge in [0.15, 0.2) is 11.5 Å². The van der Waals surface area contributed by atoms with E-state index in [1.165, 1.54) is 37.5 Å². The number of unbranched alkanes of at least 4 members (excludes halogenated alkanes) is 3. The van der Waals surface area contributed by atoms with E-state index in [0.717, 1.165) is 25.7 Å². The molecule has 0 unspecified atom stereocenters. The number of nitro groups is 1. The fourth-order valence-electron chi connectivity index (χ4n) is 2.88. The molecule has 0 aliphatic heterocycles. The lowest BCUT2D eigenvalue weighted by Crippen LogP contribution is -2.13. The molecule has 0 saturated heterocycles. The van der Waals surface area contributed by atoms with Gasteiger partial charge in [0.2, 0.25) is 0 Å². The van der Waals surface area contributed by atoms with Crippen molar-refractivity contribution in [2.24, 2.45) is 0 Å². The minimum atomic E-state index is -0.681. The molecule has 0 aliphatic rings. The third kappa shape index (κ3) is 7.10. The first-order valence-corrected chi connectivity index (χ1v) is 10.9. The predicted molar refractivity (Wildman–Crippen MR) is 126 cm³/mol. The highest BCUT2D eigenvalue weighted by atomic mass is 79.9. The first-order chi connectivity index (χ1) is 15.4. The molecule has 168 valence electrons. The van der Waals surface area contributed by atoms with Crippen LogP contribution in [-0.2, 0) is 4.79 Å². The van der Waals surface area contributed by atoms with Crippen LogP contribution < -0.4 is 14.8 Å². The van der Waals surface area contributed by atoms with Crippen molar-refractivity contribution in [1.29, 1.82) is 5.26 Å². The molecule has 0 atom stereocenters. The van der Waals surface area contributed by atoms with E-state index in [1.807, 2.05) is 6.07 Å². The molecule has 0 aliphatic carbocycles. The molecule has 32 heavy (non-hydrogen) atoms. The lowest BCUT2D eigenvalue weighted by molar-refractivity contribution is -0.384. The van der Waals surface area contributed by atoms with Crippen LogP contribution in [0, 0.1) is 21.4 Å². The van der Waals surface area contributed by atoms with E-state index in [0.29, 0.717) is 28.1 Å². The molecule has 0 saturated carbocycles. The van der Waals surface area contributed by atoms with Crippen molar-refractivity contribution in [3.05, 3.63) is 62.1 Å². The maximum atomic E-state index is 12.5. The summed E-state index contributed by atoms with van der Waals surface area (Å²) in [5.74, 6) is 0.345. The SMILES string of the molecule is CCCCCCOc1c(Br)cc(/C=C(/C#N)C(=O)Nc2cccc([N+](=O)[O-])c2)cc1OC. The number of hydrogen-bond acceptors (Lipinski definition) is 6. The summed E-state index contributed by atoms with van der Waals surface area (Å²) < 4.78 is 11.9. The number of non-ortho nitro benzene ring substituents is 1. The zero-order valence-electron chi connectivity index (χ0n) is 17.9. The smallest absolute Gasteiger partial charge is 0.271 e. The summed E-state index contributed by atoms with van der Waals surface area (Å²) in [5, 5.41) is 22.9. The largest absolute Gasteiger partial charge is 0.493 e. The summed E-state index contributed by atoms with van der Waals surface area (Å²) in [6.45, 7) is 2.70. The Balaban J connectivity index is 2.20. The second kappa shape index (κ2) is 12.5. The average Bonchev–Trinajstić information content (AvgIpc) is 2.78. The van der Waals surface area contributed by atoms with E-state index in [4.69, 9.17) is 9.47 Å². The molecule has 1 amide bonds. The van der Waals surface area contributed by atoms with Crippen LogP contribution in [0.15, 0.2) is 46.4 Å². The number of rotatable bonds is 11. The number of carbonyl (C=O) groups excluding carboxylic acids is 1. The molecule has 0 bridgehead atoms. The van der Waals surface area contributed by atoms with Crippen LogP contribution in [0.4, 0.5) is 11.4 Å². The van der Waals surface area contributed by atoms with Crippen molar-refractivity contribution in [2.75, 3.05) is 19.0 Å². The summed E-state index contributed by atoms with van der Waals surface area (Å²) in [5.41, 5.74) is 0.441. The Morgan fingerprint density at radius 1 is 1.28 bits per heavy atom. The molecule has 9 heteroatoms. The van der Waals surface area contributed by atoms with Gasteiger partial charge in [-0.2, -0.15) is 5.26 Å². The van der Waals surface area contributed by atoms with Crippen molar-refractivity contribution >= 4 is 39.3 Å². The Morgan fingerprint density at radius 3 is 2.72 bits per heavy atom. The van der Waals surface area contributed by atoms with Gasteiger partial charge in [-0.05, 0) is 52.2 Å². The van der Waals surface area contributed by atoms with Gasteiger partial charge in [-0.15, -0.1) is 0 Å². The van der Waals surface area contributed by atoms with E-state index in [1.54, 1.807) is 12.1 Å². The van der Waals surface area contributed by atoms with Crippen LogP contribution in [0.5, 0.6) is 11.5 Å². The number of anilines is 1. The summed E-state index contributed by atoms with van der Waals surface area (Å²) in [4.78, 5) is 22.9. The number of halogens is 1. The number of benzene rings is 2. The lowest BCUT2D eigenvalue weighted by atomic mass is 10.1. The summed E-state index contributed by atoms with van der Waals surface area (Å²) >= 11 is 3.46. The van der Waals surface area contributed by atoms with Crippen LogP contribution in [-0.4, -0.2) is 24.5 Å². The fraction of sp³-hybridized carbons (Fsp3) is 0.304. The topological polar surface area (TPSA) is 114 Å². The van der Waals surface area contributed by atoms with Gasteiger partial charge in [-0.25, -0.2) is 0 Å². The van der Waals surface area contributed by atoms with Gasteiger partial charge < -0.3 is 14.8 Å². The molecule has 8 nitrogen and oxygen atoms in total. The lowest BCUT2D eigenvalue weighted by Gasteiger charge is -2.13. The molecular formula is C23H24BrN3O5. The number of hydrogen-bond donors (Lipinski definition) is 1. The highest BCUT2D eigenvalue weighted by molar-refractivity contribution is 9.10. The van der Waals surface area contributed by atoms with Crippen LogP contribution in [0.25, 0.3) is 6.08 Å². The molecular weight excluding hydrogens is 478 g/mol. The van der Waals surface area contributed by atoms with Crippen molar-refractivity contribution in [1.82, 2.24) is 0 Å². The predicted octanol–water partition coefficient (Wildman–Crippen LogP) is 5.87. The first-order valence-electron chi connectivity index (χ1n) is 10.1. The van der Waals surface area contributed by atoms with Gasteiger partial charge in [0.25, 0.3) is 11.6 Å². The second-order valence-corrected chi connectivity index (χ2v) is 7.73. The van der Waals surface area contributed by atoms with Crippen molar-refractivity contribution < 1.29 is 19.2 Å². The molecule has 1 N–H and O–H groups in total. The Labute approximate surface area is 195 Å². The Kier molecular flexibility index (Phi) is 9.70. The van der Waals surface area contributed by atoms with Gasteiger partial charge in [-0.3, -0.25) is 14.9 Å². The molecule has 2 aromatic rings. The van der Waals surface area contributed by atoms with Gasteiger partial charge in [0.05, 0.1) is 23.1 Å². The summed E-state index contributed by atoms with van der Waals surface area (Å²) in [6.07, 6.45) is 5.72. The highest BCUT2D eigenvalue weighted by Crippen LogP contribution is 2.37. The van der Waals surface area contributed by atoms with Gasteiger partial charge in [-0.1, -0.05) is 32.3 Å². The average molecular weight is 502 g/mol. The second-order valence-electron chi connectivity index (χ2n) is 6.87. The quantitative estimate of drug-likeness (QED) is 0.135. The number of methoxy groups -OCH3 is 1. The summed E-state index contributed by atoms with van der Waals surface area (Å²) in [7, 11) is 1.51. The van der Waals surface area contributed by atoms with Gasteiger partial charge >= 0.3 is 0 Å². The van der Waals surface area contributed by atoms with E-state index >= 15 is 0 Å². The van der Waals surface area contributed by atoms with Crippen LogP contribution >= 0.6 is 15.9 Å². The van der Waals surface area contributed by atoms with Crippen molar-refractivity contribution in [3.63, 3.8) is 0 Å². The number of nitrogens with zero attached hydrogens (tertiary/aromatic N) is 2. The number of ether oxygens (including phenoxy) is 2. The molecule has 2 rings (SSSR count). The Hall–Kier alpha value is -3.38. The van der Waals surface area contributed by atoms with Gasteiger partial charge in [0.1, 0.15) is 11.6 Å². The van der Waals surface area contributed by atoms with E-state index < -0.39 is 10.8 Å². The molecule has 0 radical (unpaired) electrons. The number of nitro benzene ring substituents is 1. The Bertz CT molecular complexity index is 1050. The molecule has 0 spiro atoms.